The maximum atomic E-state index is 2.47. The number of unbranched alkanes of at least 4 members (excludes halogenated alkanes) is 30. The molecule has 0 aliphatic carbocycles. The van der Waals surface area contributed by atoms with Crippen LogP contribution in [-0.4, -0.2) is 31.7 Å². The van der Waals surface area contributed by atoms with Gasteiger partial charge in [0.25, 0.3) is 0 Å². The molecule has 0 saturated heterocycles. The van der Waals surface area contributed by atoms with Gasteiger partial charge < -0.3 is 23.0 Å². The van der Waals surface area contributed by atoms with Crippen molar-refractivity contribution in [3.8, 4) is 0 Å². The van der Waals surface area contributed by atoms with E-state index >= 15 is 0 Å². The summed E-state index contributed by atoms with van der Waals surface area (Å²) in [5.41, 5.74) is 0. The topological polar surface area (TPSA) is 35.0 Å². The summed E-state index contributed by atoms with van der Waals surface area (Å²) in [6.45, 7) is 7.39. The Morgan fingerprint density at radius 2 is 0.429 bits per heavy atom. The summed E-state index contributed by atoms with van der Waals surface area (Å²) in [5, 5.41) is 0. The average Bonchev–Trinajstić information content (AvgIpc) is 2.92. The molecule has 0 aliphatic heterocycles. The largest absolute Gasteiger partial charge is 1.00 e. The van der Waals surface area contributed by atoms with Gasteiger partial charge in [0.2, 0.25) is 0 Å². The Bertz CT molecular complexity index is 407. The highest BCUT2D eigenvalue weighted by Gasteiger charge is 2.13. The van der Waals surface area contributed by atoms with Crippen LogP contribution >= 0.6 is 12.4 Å². The number of rotatable bonds is 34. The Balaban J connectivity index is -0.00000241. The standard InChI is InChI=1S/C38H80N.2ClH.H3N/c1-5-7-9-11-13-15-17-19-21-23-25-27-29-31-33-35-37-39(3,4)38-36-34-32-30-28-26-24-22-20-18-16-14-12-10-8-6-2;;;/h5-38H2,1-4H3;2*1H;1H3/q+1;;;/p-1. The molecular formula is C38H84Cl2N2. The molecule has 0 heterocycles. The maximum absolute atomic E-state index is 2.47. The Morgan fingerprint density at radius 1 is 0.286 bits per heavy atom. The van der Waals surface area contributed by atoms with Gasteiger partial charge in [0.05, 0.1) is 27.2 Å². The van der Waals surface area contributed by atoms with E-state index in [9.17, 15) is 0 Å². The van der Waals surface area contributed by atoms with Crippen molar-refractivity contribution in [1.82, 2.24) is 6.15 Å². The molecule has 0 radical (unpaired) electrons. The molecule has 0 aromatic heterocycles. The van der Waals surface area contributed by atoms with Crippen LogP contribution in [0, 0.1) is 0 Å². The lowest BCUT2D eigenvalue weighted by Crippen LogP contribution is -3.00. The van der Waals surface area contributed by atoms with Gasteiger partial charge in [-0.1, -0.05) is 194 Å². The van der Waals surface area contributed by atoms with E-state index in [4.69, 9.17) is 0 Å². The molecule has 0 saturated carbocycles. The van der Waals surface area contributed by atoms with Crippen LogP contribution in [0.5, 0.6) is 0 Å². The molecule has 0 fully saturated rings. The second kappa shape index (κ2) is 41.5. The predicted octanol–water partition coefficient (Wildman–Crippen LogP) is 11.2. The summed E-state index contributed by atoms with van der Waals surface area (Å²) in [6, 6.07) is 0. The van der Waals surface area contributed by atoms with E-state index in [0.29, 0.717) is 0 Å². The first-order chi connectivity index (χ1) is 19.1. The zero-order chi connectivity index (χ0) is 28.5. The van der Waals surface area contributed by atoms with Crippen LogP contribution in [0.2, 0.25) is 0 Å². The minimum Gasteiger partial charge on any atom is -1.00 e. The molecule has 0 unspecified atom stereocenters. The monoisotopic (exact) mass is 639 g/mol. The quantitative estimate of drug-likeness (QED) is 0.0552. The van der Waals surface area contributed by atoms with Crippen molar-refractivity contribution >= 4 is 12.4 Å². The van der Waals surface area contributed by atoms with E-state index < -0.39 is 0 Å². The predicted molar refractivity (Wildman–Crippen MR) is 193 cm³/mol. The molecule has 0 spiro atoms. The van der Waals surface area contributed by atoms with Gasteiger partial charge in [0, 0.05) is 0 Å². The van der Waals surface area contributed by atoms with E-state index in [1.54, 1.807) is 0 Å². The lowest BCUT2D eigenvalue weighted by atomic mass is 10.0. The molecule has 0 aliphatic rings. The van der Waals surface area contributed by atoms with Crippen LogP contribution in [0.15, 0.2) is 0 Å². The van der Waals surface area contributed by atoms with Crippen LogP contribution in [0.25, 0.3) is 0 Å². The number of halogens is 2. The van der Waals surface area contributed by atoms with Crippen molar-refractivity contribution in [2.75, 3.05) is 27.2 Å². The molecule has 2 nitrogen and oxygen atoms in total. The van der Waals surface area contributed by atoms with E-state index in [1.165, 1.54) is 223 Å². The number of nitrogens with zero attached hydrogens (tertiary/aromatic N) is 1. The molecule has 0 atom stereocenters. The van der Waals surface area contributed by atoms with Gasteiger partial charge in [-0.3, -0.25) is 0 Å². The van der Waals surface area contributed by atoms with Crippen LogP contribution in [0.4, 0.5) is 0 Å². The highest BCUT2D eigenvalue weighted by molar-refractivity contribution is 5.85. The van der Waals surface area contributed by atoms with E-state index in [1.807, 2.05) is 0 Å². The molecule has 0 aromatic carbocycles. The van der Waals surface area contributed by atoms with Gasteiger partial charge >= 0.3 is 0 Å². The van der Waals surface area contributed by atoms with Gasteiger partial charge in [-0.05, 0) is 25.7 Å². The molecule has 260 valence electrons. The third-order valence-electron chi connectivity index (χ3n) is 9.23. The molecule has 3 N–H and O–H groups in total. The van der Waals surface area contributed by atoms with Crippen molar-refractivity contribution in [2.24, 2.45) is 0 Å². The van der Waals surface area contributed by atoms with Crippen LogP contribution in [-0.2, 0) is 0 Å². The summed E-state index contributed by atoms with van der Waals surface area (Å²) in [5.74, 6) is 0. The summed E-state index contributed by atoms with van der Waals surface area (Å²) < 4.78 is 1.25. The molecule has 42 heavy (non-hydrogen) atoms. The zero-order valence-electron chi connectivity index (χ0n) is 30.0. The zero-order valence-corrected chi connectivity index (χ0v) is 31.6. The number of quaternary nitrogens is 1. The van der Waals surface area contributed by atoms with Crippen LogP contribution in [0.1, 0.15) is 219 Å². The van der Waals surface area contributed by atoms with Crippen molar-refractivity contribution in [3.05, 3.63) is 0 Å². The highest BCUT2D eigenvalue weighted by atomic mass is 35.5. The normalized spacial score (nSPS) is 11.1. The Labute approximate surface area is 281 Å². The van der Waals surface area contributed by atoms with Gasteiger partial charge in [-0.25, -0.2) is 0 Å². The van der Waals surface area contributed by atoms with E-state index in [-0.39, 0.29) is 31.0 Å². The smallest absolute Gasteiger partial charge is 0.0782 e. The van der Waals surface area contributed by atoms with Gasteiger partial charge in [-0.15, -0.1) is 12.4 Å². The molecule has 4 heteroatoms. The fourth-order valence-corrected chi connectivity index (χ4v) is 6.29. The van der Waals surface area contributed by atoms with E-state index in [0.717, 1.165) is 0 Å². The summed E-state index contributed by atoms with van der Waals surface area (Å²) >= 11 is 0. The molecule has 0 rings (SSSR count). The van der Waals surface area contributed by atoms with Crippen molar-refractivity contribution in [2.45, 2.75) is 219 Å². The summed E-state index contributed by atoms with van der Waals surface area (Å²) in [7, 11) is 4.94. The SMILES string of the molecule is CCCCCCCCCCCCCCCCCC[N+](C)(C)CCCCCCCCCCCCCCCCCC.Cl.N.[Cl-]. The molecule has 0 amide bonds. The van der Waals surface area contributed by atoms with Crippen molar-refractivity contribution in [3.63, 3.8) is 0 Å². The fourth-order valence-electron chi connectivity index (χ4n) is 6.29. The molecule has 0 bridgehead atoms. The van der Waals surface area contributed by atoms with Crippen LogP contribution < -0.4 is 18.6 Å². The van der Waals surface area contributed by atoms with Crippen molar-refractivity contribution < 1.29 is 16.9 Å². The number of hydrogen-bond acceptors (Lipinski definition) is 1. The second-order valence-corrected chi connectivity index (χ2v) is 14.0. The molecule has 0 aromatic rings. The fraction of sp³-hybridized carbons (Fsp3) is 1.00. The van der Waals surface area contributed by atoms with Gasteiger partial charge in [0.1, 0.15) is 0 Å². The lowest BCUT2D eigenvalue weighted by Gasteiger charge is -2.30. The van der Waals surface area contributed by atoms with Crippen LogP contribution in [0.3, 0.4) is 0 Å². The lowest BCUT2D eigenvalue weighted by molar-refractivity contribution is -0.890. The third-order valence-corrected chi connectivity index (χ3v) is 9.23. The summed E-state index contributed by atoms with van der Waals surface area (Å²) in [6.07, 6.45) is 46.9. The minimum atomic E-state index is 0. The van der Waals surface area contributed by atoms with Gasteiger partial charge in [0.15, 0.2) is 0 Å². The highest BCUT2D eigenvalue weighted by Crippen LogP contribution is 2.16. The van der Waals surface area contributed by atoms with Gasteiger partial charge in [-0.2, -0.15) is 0 Å². The first-order valence-corrected chi connectivity index (χ1v) is 18.9. The average molecular weight is 640 g/mol. The Hall–Kier alpha value is 0.500. The second-order valence-electron chi connectivity index (χ2n) is 14.0. The molecular weight excluding hydrogens is 555 g/mol. The van der Waals surface area contributed by atoms with Crippen molar-refractivity contribution in [1.29, 1.82) is 0 Å². The van der Waals surface area contributed by atoms with E-state index in [2.05, 4.69) is 27.9 Å². The Kier molecular flexibility index (Phi) is 48.8. The third kappa shape index (κ3) is 42.6. The first kappa shape index (κ1) is 49.4. The minimum absolute atomic E-state index is 0. The first-order valence-electron chi connectivity index (χ1n) is 18.9. The number of hydrogen-bond donors (Lipinski definition) is 1. The Morgan fingerprint density at radius 3 is 0.595 bits per heavy atom. The maximum Gasteiger partial charge on any atom is 0.0782 e. The summed E-state index contributed by atoms with van der Waals surface area (Å²) in [4.78, 5) is 0.